The third-order valence-corrected chi connectivity index (χ3v) is 6.82. The van der Waals surface area contributed by atoms with E-state index in [1.165, 1.54) is 0 Å². The number of unbranched alkanes of at least 4 members (excludes halogenated alkanes) is 1. The van der Waals surface area contributed by atoms with Crippen LogP contribution in [0.15, 0.2) is 12.1 Å². The highest BCUT2D eigenvalue weighted by atomic mass is 32.1. The third kappa shape index (κ3) is 5.30. The molecular weight excluding hydrogens is 414 g/mol. The first-order chi connectivity index (χ1) is 15.0. The van der Waals surface area contributed by atoms with E-state index in [1.807, 2.05) is 24.0 Å². The highest BCUT2D eigenvalue weighted by Gasteiger charge is 2.26. The van der Waals surface area contributed by atoms with Crippen LogP contribution in [0.3, 0.4) is 0 Å². The number of benzene rings is 1. The number of amides is 1. The standard InChI is InChI=1S/C23H33N3O4S/c1-6-7-8-19-24-16(2)22(31-19)23(27)26-13-11-25(12-14-26)15-17-9-10-18(28-3)21(30-5)20(17)29-4/h9-10H,6-8,11-15H2,1-5H3. The van der Waals surface area contributed by atoms with Crippen LogP contribution in [0.4, 0.5) is 0 Å². The number of hydrogen-bond acceptors (Lipinski definition) is 7. The number of ether oxygens (including phenoxy) is 3. The van der Waals surface area contributed by atoms with Gasteiger partial charge in [0.05, 0.1) is 32.0 Å². The van der Waals surface area contributed by atoms with Gasteiger partial charge in [0, 0.05) is 38.3 Å². The molecule has 1 aromatic carbocycles. The van der Waals surface area contributed by atoms with Gasteiger partial charge in [-0.05, 0) is 25.8 Å². The topological polar surface area (TPSA) is 64.1 Å². The molecule has 3 rings (SSSR count). The molecule has 7 nitrogen and oxygen atoms in total. The van der Waals surface area contributed by atoms with Crippen LogP contribution in [-0.4, -0.2) is 68.2 Å². The number of carbonyl (C=O) groups is 1. The number of piperazine rings is 1. The van der Waals surface area contributed by atoms with Gasteiger partial charge >= 0.3 is 0 Å². The molecule has 0 radical (unpaired) electrons. The fourth-order valence-electron chi connectivity index (χ4n) is 3.87. The predicted octanol–water partition coefficient (Wildman–Crippen LogP) is 3.78. The number of thiazole rings is 1. The van der Waals surface area contributed by atoms with Crippen LogP contribution in [-0.2, 0) is 13.0 Å². The molecule has 170 valence electrons. The fraction of sp³-hybridized carbons (Fsp3) is 0.565. The summed E-state index contributed by atoms with van der Waals surface area (Å²) in [7, 11) is 4.87. The Hall–Kier alpha value is -2.32. The number of rotatable bonds is 9. The Morgan fingerprint density at radius 2 is 1.77 bits per heavy atom. The molecule has 0 aliphatic carbocycles. The summed E-state index contributed by atoms with van der Waals surface area (Å²) in [4.78, 5) is 22.7. The van der Waals surface area contributed by atoms with Gasteiger partial charge in [-0.2, -0.15) is 0 Å². The molecule has 1 aliphatic heterocycles. The smallest absolute Gasteiger partial charge is 0.265 e. The minimum atomic E-state index is 0.112. The van der Waals surface area contributed by atoms with Crippen molar-refractivity contribution in [3.63, 3.8) is 0 Å². The summed E-state index contributed by atoms with van der Waals surface area (Å²) < 4.78 is 16.5. The second-order valence-electron chi connectivity index (χ2n) is 7.69. The first kappa shape index (κ1) is 23.3. The first-order valence-electron chi connectivity index (χ1n) is 10.8. The summed E-state index contributed by atoms with van der Waals surface area (Å²) in [5, 5.41) is 1.07. The van der Waals surface area contributed by atoms with Crippen LogP contribution in [0, 0.1) is 6.92 Å². The van der Waals surface area contributed by atoms with Gasteiger partial charge in [0.1, 0.15) is 4.88 Å². The van der Waals surface area contributed by atoms with Crippen molar-refractivity contribution >= 4 is 17.2 Å². The van der Waals surface area contributed by atoms with Crippen LogP contribution < -0.4 is 14.2 Å². The van der Waals surface area contributed by atoms with Crippen LogP contribution in [0.2, 0.25) is 0 Å². The Balaban J connectivity index is 1.63. The third-order valence-electron chi connectivity index (χ3n) is 5.62. The van der Waals surface area contributed by atoms with E-state index in [1.54, 1.807) is 32.7 Å². The fourth-order valence-corrected chi connectivity index (χ4v) is 4.94. The van der Waals surface area contributed by atoms with Crippen molar-refractivity contribution in [2.24, 2.45) is 0 Å². The van der Waals surface area contributed by atoms with Crippen molar-refractivity contribution in [1.29, 1.82) is 0 Å². The minimum Gasteiger partial charge on any atom is -0.493 e. The normalized spacial score (nSPS) is 14.5. The van der Waals surface area contributed by atoms with E-state index in [9.17, 15) is 4.79 Å². The quantitative estimate of drug-likeness (QED) is 0.583. The summed E-state index contributed by atoms with van der Waals surface area (Å²) in [5.41, 5.74) is 1.90. The van der Waals surface area contributed by atoms with Crippen molar-refractivity contribution in [1.82, 2.24) is 14.8 Å². The molecule has 0 unspecified atom stereocenters. The molecule has 2 heterocycles. The van der Waals surface area contributed by atoms with E-state index < -0.39 is 0 Å². The van der Waals surface area contributed by atoms with Crippen LogP contribution in [0.25, 0.3) is 0 Å². The lowest BCUT2D eigenvalue weighted by molar-refractivity contribution is 0.0631. The van der Waals surface area contributed by atoms with Gasteiger partial charge in [0.15, 0.2) is 11.5 Å². The SMILES string of the molecule is CCCCc1nc(C)c(C(=O)N2CCN(Cc3ccc(OC)c(OC)c3OC)CC2)s1. The highest BCUT2D eigenvalue weighted by Crippen LogP contribution is 2.40. The van der Waals surface area contributed by atoms with Gasteiger partial charge in [-0.1, -0.05) is 19.4 Å². The molecule has 0 bridgehead atoms. The molecule has 31 heavy (non-hydrogen) atoms. The van der Waals surface area contributed by atoms with Crippen LogP contribution in [0.1, 0.15) is 45.7 Å². The molecule has 0 atom stereocenters. The molecule has 0 spiro atoms. The largest absolute Gasteiger partial charge is 0.493 e. The second-order valence-corrected chi connectivity index (χ2v) is 8.77. The maximum absolute atomic E-state index is 13.1. The van der Waals surface area contributed by atoms with E-state index in [-0.39, 0.29) is 5.91 Å². The summed E-state index contributed by atoms with van der Waals surface area (Å²) in [6.07, 6.45) is 3.20. The molecule has 0 N–H and O–H groups in total. The van der Waals surface area contributed by atoms with E-state index in [0.29, 0.717) is 30.3 Å². The monoisotopic (exact) mass is 447 g/mol. The Morgan fingerprint density at radius 3 is 2.39 bits per heavy atom. The molecular formula is C23H33N3O4S. The van der Waals surface area contributed by atoms with Crippen molar-refractivity contribution in [3.05, 3.63) is 33.3 Å². The highest BCUT2D eigenvalue weighted by molar-refractivity contribution is 7.13. The van der Waals surface area contributed by atoms with Crippen molar-refractivity contribution in [2.75, 3.05) is 47.5 Å². The molecule has 2 aromatic rings. The number of carbonyl (C=O) groups excluding carboxylic acids is 1. The first-order valence-corrected chi connectivity index (χ1v) is 11.6. The average molecular weight is 448 g/mol. The zero-order valence-corrected chi connectivity index (χ0v) is 20.0. The molecule has 8 heteroatoms. The Morgan fingerprint density at radius 1 is 1.06 bits per heavy atom. The lowest BCUT2D eigenvalue weighted by Gasteiger charge is -2.35. The van der Waals surface area contributed by atoms with E-state index in [4.69, 9.17) is 14.2 Å². The summed E-state index contributed by atoms with van der Waals surface area (Å²) in [6.45, 7) is 7.87. The number of aryl methyl sites for hydroxylation is 2. The predicted molar refractivity (Wildman–Crippen MR) is 123 cm³/mol. The number of methoxy groups -OCH3 is 3. The Kier molecular flexibility index (Phi) is 8.15. The average Bonchev–Trinajstić information content (AvgIpc) is 3.17. The Bertz CT molecular complexity index is 891. The molecule has 1 amide bonds. The van der Waals surface area contributed by atoms with Gasteiger partial charge in [-0.15, -0.1) is 11.3 Å². The van der Waals surface area contributed by atoms with E-state index >= 15 is 0 Å². The molecule has 0 saturated carbocycles. The lowest BCUT2D eigenvalue weighted by atomic mass is 10.1. The molecule has 1 aromatic heterocycles. The van der Waals surface area contributed by atoms with Gasteiger partial charge in [0.2, 0.25) is 5.75 Å². The molecule has 1 saturated heterocycles. The molecule has 1 aliphatic rings. The zero-order valence-electron chi connectivity index (χ0n) is 19.2. The summed E-state index contributed by atoms with van der Waals surface area (Å²) in [5.74, 6) is 2.06. The second kappa shape index (κ2) is 10.8. The minimum absolute atomic E-state index is 0.112. The van der Waals surface area contributed by atoms with E-state index in [2.05, 4.69) is 16.8 Å². The Labute approximate surface area is 188 Å². The van der Waals surface area contributed by atoms with Crippen molar-refractivity contribution in [2.45, 2.75) is 39.7 Å². The van der Waals surface area contributed by atoms with Gasteiger partial charge in [-0.25, -0.2) is 4.98 Å². The van der Waals surface area contributed by atoms with Crippen molar-refractivity contribution < 1.29 is 19.0 Å². The van der Waals surface area contributed by atoms with Crippen molar-refractivity contribution in [3.8, 4) is 17.2 Å². The maximum Gasteiger partial charge on any atom is 0.265 e. The summed E-state index contributed by atoms with van der Waals surface area (Å²) >= 11 is 1.56. The van der Waals surface area contributed by atoms with Gasteiger partial charge < -0.3 is 19.1 Å². The van der Waals surface area contributed by atoms with Gasteiger partial charge in [-0.3, -0.25) is 9.69 Å². The van der Waals surface area contributed by atoms with Crippen LogP contribution >= 0.6 is 11.3 Å². The zero-order chi connectivity index (χ0) is 22.4. The maximum atomic E-state index is 13.1. The number of nitrogens with zero attached hydrogens (tertiary/aromatic N) is 3. The van der Waals surface area contributed by atoms with Crippen LogP contribution in [0.5, 0.6) is 17.2 Å². The lowest BCUT2D eigenvalue weighted by Crippen LogP contribution is -2.48. The summed E-state index contributed by atoms with van der Waals surface area (Å²) in [6, 6.07) is 3.91. The number of hydrogen-bond donors (Lipinski definition) is 0. The van der Waals surface area contributed by atoms with Gasteiger partial charge in [0.25, 0.3) is 5.91 Å². The molecule has 1 fully saturated rings. The van der Waals surface area contributed by atoms with E-state index in [0.717, 1.165) is 60.0 Å². The number of aromatic nitrogens is 1.